The van der Waals surface area contributed by atoms with E-state index in [1.807, 2.05) is 43.3 Å². The fourth-order valence-electron chi connectivity index (χ4n) is 2.74. The molecule has 1 aliphatic heterocycles. The van der Waals surface area contributed by atoms with Gasteiger partial charge in [0, 0.05) is 0 Å². The van der Waals surface area contributed by atoms with Crippen LogP contribution in [0.15, 0.2) is 41.5 Å². The number of aryl methyl sites for hydroxylation is 1. The van der Waals surface area contributed by atoms with Crippen molar-refractivity contribution in [3.8, 4) is 17.2 Å². The minimum absolute atomic E-state index is 0.0956. The number of fused-ring (bicyclic) bond motifs is 1. The Kier molecular flexibility index (Phi) is 5.96. The molecule has 0 atom stereocenters. The van der Waals surface area contributed by atoms with Crippen LogP contribution >= 0.6 is 0 Å². The molecule has 0 unspecified atom stereocenters. The van der Waals surface area contributed by atoms with Gasteiger partial charge in [-0.1, -0.05) is 26.0 Å². The zero-order valence-corrected chi connectivity index (χ0v) is 15.8. The highest BCUT2D eigenvalue weighted by molar-refractivity contribution is 5.83. The molecule has 1 heterocycles. The van der Waals surface area contributed by atoms with Crippen LogP contribution in [0.5, 0.6) is 17.2 Å². The Morgan fingerprint density at radius 2 is 1.96 bits per heavy atom. The topological polar surface area (TPSA) is 69.2 Å². The van der Waals surface area contributed by atoms with Crippen LogP contribution in [0.3, 0.4) is 0 Å². The fraction of sp³-hybridized carbons (Fsp3) is 0.333. The predicted octanol–water partition coefficient (Wildman–Crippen LogP) is 3.42. The number of hydrogen-bond donors (Lipinski definition) is 1. The van der Waals surface area contributed by atoms with Crippen molar-refractivity contribution in [2.45, 2.75) is 26.7 Å². The number of carbonyl (C=O) groups excluding carboxylic acids is 1. The highest BCUT2D eigenvalue weighted by Crippen LogP contribution is 2.30. The van der Waals surface area contributed by atoms with E-state index < -0.39 is 0 Å². The Morgan fingerprint density at radius 1 is 1.19 bits per heavy atom. The van der Waals surface area contributed by atoms with E-state index in [1.165, 1.54) is 0 Å². The number of ether oxygens (including phenoxy) is 3. The standard InChI is InChI=1S/C21H24N2O4/c1-14(2)17-6-4-15(3)10-19(17)27-13-21(24)23-22-12-16-5-7-18-20(11-16)26-9-8-25-18/h4-7,10-12,14H,8-9,13H2,1-3H3,(H,23,24)/b22-12-. The van der Waals surface area contributed by atoms with Crippen molar-refractivity contribution in [2.24, 2.45) is 5.10 Å². The maximum atomic E-state index is 12.0. The summed E-state index contributed by atoms with van der Waals surface area (Å²) in [6, 6.07) is 11.5. The molecular formula is C21H24N2O4. The molecule has 1 aliphatic rings. The lowest BCUT2D eigenvalue weighted by Crippen LogP contribution is -2.25. The molecular weight excluding hydrogens is 344 g/mol. The molecule has 0 saturated heterocycles. The zero-order chi connectivity index (χ0) is 19.2. The maximum Gasteiger partial charge on any atom is 0.277 e. The van der Waals surface area contributed by atoms with Gasteiger partial charge in [0.15, 0.2) is 18.1 Å². The van der Waals surface area contributed by atoms with Crippen molar-refractivity contribution in [3.05, 3.63) is 53.1 Å². The lowest BCUT2D eigenvalue weighted by Gasteiger charge is -2.18. The van der Waals surface area contributed by atoms with Gasteiger partial charge in [0.05, 0.1) is 6.21 Å². The minimum atomic E-state index is -0.319. The molecule has 6 nitrogen and oxygen atoms in total. The van der Waals surface area contributed by atoms with Gasteiger partial charge in [0.1, 0.15) is 19.0 Å². The van der Waals surface area contributed by atoms with Crippen LogP contribution in [0.4, 0.5) is 0 Å². The van der Waals surface area contributed by atoms with Gasteiger partial charge < -0.3 is 14.2 Å². The zero-order valence-electron chi connectivity index (χ0n) is 15.8. The van der Waals surface area contributed by atoms with Gasteiger partial charge in [0.2, 0.25) is 0 Å². The first-order chi connectivity index (χ1) is 13.0. The average molecular weight is 368 g/mol. The molecule has 3 rings (SSSR count). The van der Waals surface area contributed by atoms with Gasteiger partial charge in [-0.2, -0.15) is 5.10 Å². The summed E-state index contributed by atoms with van der Waals surface area (Å²) in [6.07, 6.45) is 1.56. The number of nitrogens with one attached hydrogen (secondary N) is 1. The summed E-state index contributed by atoms with van der Waals surface area (Å²) >= 11 is 0. The second-order valence-electron chi connectivity index (χ2n) is 6.68. The minimum Gasteiger partial charge on any atom is -0.486 e. The van der Waals surface area contributed by atoms with Crippen LogP contribution in [0.25, 0.3) is 0 Å². The molecule has 2 aromatic rings. The number of amides is 1. The van der Waals surface area contributed by atoms with Crippen molar-refractivity contribution in [3.63, 3.8) is 0 Å². The summed E-state index contributed by atoms with van der Waals surface area (Å²) in [6.45, 7) is 7.16. The molecule has 0 aliphatic carbocycles. The van der Waals surface area contributed by atoms with E-state index in [-0.39, 0.29) is 12.5 Å². The molecule has 6 heteroatoms. The molecule has 142 valence electrons. The van der Waals surface area contributed by atoms with Crippen LogP contribution in [0.2, 0.25) is 0 Å². The molecule has 27 heavy (non-hydrogen) atoms. The average Bonchev–Trinajstić information content (AvgIpc) is 2.66. The maximum absolute atomic E-state index is 12.0. The Morgan fingerprint density at radius 3 is 2.74 bits per heavy atom. The molecule has 0 radical (unpaired) electrons. The van der Waals surface area contributed by atoms with E-state index in [4.69, 9.17) is 14.2 Å². The number of benzene rings is 2. The van der Waals surface area contributed by atoms with E-state index in [2.05, 4.69) is 24.4 Å². The summed E-state index contributed by atoms with van der Waals surface area (Å²) in [5.74, 6) is 2.13. The molecule has 0 fully saturated rings. The number of hydrogen-bond acceptors (Lipinski definition) is 5. The SMILES string of the molecule is Cc1ccc(C(C)C)c(OCC(=O)N/N=C\c2ccc3c(c2)OCCO3)c1. The largest absolute Gasteiger partial charge is 0.486 e. The van der Waals surface area contributed by atoms with E-state index in [0.717, 1.165) is 28.2 Å². The van der Waals surface area contributed by atoms with Gasteiger partial charge in [-0.3, -0.25) is 4.79 Å². The summed E-state index contributed by atoms with van der Waals surface area (Å²) in [5.41, 5.74) is 5.45. The van der Waals surface area contributed by atoms with Crippen LogP contribution < -0.4 is 19.6 Å². The van der Waals surface area contributed by atoms with Crippen molar-refractivity contribution in [1.29, 1.82) is 0 Å². The summed E-state index contributed by atoms with van der Waals surface area (Å²) in [5, 5.41) is 3.98. The smallest absolute Gasteiger partial charge is 0.277 e. The Hall–Kier alpha value is -3.02. The Labute approximate surface area is 159 Å². The van der Waals surface area contributed by atoms with Gasteiger partial charge in [-0.25, -0.2) is 5.43 Å². The molecule has 0 saturated carbocycles. The van der Waals surface area contributed by atoms with Crippen molar-refractivity contribution >= 4 is 12.1 Å². The van der Waals surface area contributed by atoms with Crippen molar-refractivity contribution in [1.82, 2.24) is 5.43 Å². The van der Waals surface area contributed by atoms with E-state index in [1.54, 1.807) is 6.21 Å². The third-order valence-corrected chi connectivity index (χ3v) is 4.12. The fourth-order valence-corrected chi connectivity index (χ4v) is 2.74. The second-order valence-corrected chi connectivity index (χ2v) is 6.68. The number of nitrogens with zero attached hydrogens (tertiary/aromatic N) is 1. The lowest BCUT2D eigenvalue weighted by molar-refractivity contribution is -0.123. The van der Waals surface area contributed by atoms with Gasteiger partial charge in [0.25, 0.3) is 5.91 Å². The number of carbonyl (C=O) groups is 1. The normalized spacial score (nSPS) is 13.0. The second kappa shape index (κ2) is 8.58. The van der Waals surface area contributed by atoms with Crippen molar-refractivity contribution in [2.75, 3.05) is 19.8 Å². The van der Waals surface area contributed by atoms with E-state index in [9.17, 15) is 4.79 Å². The molecule has 1 N–H and O–H groups in total. The monoisotopic (exact) mass is 368 g/mol. The third-order valence-electron chi connectivity index (χ3n) is 4.12. The first-order valence-electron chi connectivity index (χ1n) is 8.98. The Bertz CT molecular complexity index is 846. The summed E-state index contributed by atoms with van der Waals surface area (Å²) in [4.78, 5) is 12.0. The van der Waals surface area contributed by atoms with Gasteiger partial charge in [-0.15, -0.1) is 0 Å². The van der Waals surface area contributed by atoms with Gasteiger partial charge >= 0.3 is 0 Å². The van der Waals surface area contributed by atoms with Crippen LogP contribution in [0.1, 0.15) is 36.5 Å². The van der Waals surface area contributed by atoms with Crippen molar-refractivity contribution < 1.29 is 19.0 Å². The van der Waals surface area contributed by atoms with Gasteiger partial charge in [-0.05, 0) is 53.8 Å². The molecule has 0 bridgehead atoms. The summed E-state index contributed by atoms with van der Waals surface area (Å²) < 4.78 is 16.7. The summed E-state index contributed by atoms with van der Waals surface area (Å²) in [7, 11) is 0. The quantitative estimate of drug-likeness (QED) is 0.627. The Balaban J connectivity index is 1.54. The van der Waals surface area contributed by atoms with Crippen LogP contribution in [-0.2, 0) is 4.79 Å². The molecule has 0 spiro atoms. The predicted molar refractivity (Wildman–Crippen MR) is 104 cm³/mol. The molecule has 1 amide bonds. The first kappa shape index (κ1) is 18.8. The number of rotatable bonds is 6. The van der Waals surface area contributed by atoms with Crippen LogP contribution in [-0.4, -0.2) is 31.9 Å². The first-order valence-corrected chi connectivity index (χ1v) is 8.98. The molecule has 2 aromatic carbocycles. The highest BCUT2D eigenvalue weighted by atomic mass is 16.6. The molecule has 0 aromatic heterocycles. The highest BCUT2D eigenvalue weighted by Gasteiger charge is 2.12. The van der Waals surface area contributed by atoms with Crippen LogP contribution in [0, 0.1) is 6.92 Å². The number of hydrazone groups is 1. The lowest BCUT2D eigenvalue weighted by atomic mass is 10.0. The third kappa shape index (κ3) is 5.00. The van der Waals surface area contributed by atoms with E-state index >= 15 is 0 Å². The van der Waals surface area contributed by atoms with E-state index in [0.29, 0.717) is 24.9 Å².